The Labute approximate surface area is 124 Å². The largest absolute Gasteiger partial charge is 0.365 e. The zero-order valence-corrected chi connectivity index (χ0v) is 12.3. The SMILES string of the molecule is CCn1cc2c(n1)CCc1c-2sc(NC(N)=O)c1C(N)=O. The van der Waals surface area contributed by atoms with Gasteiger partial charge in [-0.15, -0.1) is 11.3 Å². The molecule has 0 unspecified atom stereocenters. The van der Waals surface area contributed by atoms with Crippen molar-refractivity contribution in [2.75, 3.05) is 5.32 Å². The van der Waals surface area contributed by atoms with Crippen LogP contribution in [0.1, 0.15) is 28.5 Å². The molecule has 3 rings (SSSR count). The number of thiophene rings is 1. The average molecular weight is 305 g/mol. The van der Waals surface area contributed by atoms with Crippen molar-refractivity contribution in [2.45, 2.75) is 26.3 Å². The van der Waals surface area contributed by atoms with Crippen LogP contribution in [0.25, 0.3) is 10.4 Å². The zero-order valence-electron chi connectivity index (χ0n) is 11.5. The van der Waals surface area contributed by atoms with Crippen LogP contribution in [0.15, 0.2) is 6.20 Å². The number of carbonyl (C=O) groups is 2. The predicted octanol–water partition coefficient (Wildman–Crippen LogP) is 1.32. The first kappa shape index (κ1) is 13.6. The van der Waals surface area contributed by atoms with Crippen molar-refractivity contribution >= 4 is 28.3 Å². The number of primary amides is 2. The molecule has 0 atom stereocenters. The molecule has 7 nitrogen and oxygen atoms in total. The number of hydrogen-bond acceptors (Lipinski definition) is 4. The van der Waals surface area contributed by atoms with E-state index in [0.29, 0.717) is 17.0 Å². The fourth-order valence-corrected chi connectivity index (χ4v) is 3.91. The average Bonchev–Trinajstić information content (AvgIpc) is 2.97. The number of carbonyl (C=O) groups excluding carboxylic acids is 2. The number of anilines is 1. The molecule has 0 saturated heterocycles. The van der Waals surface area contributed by atoms with Crippen molar-refractivity contribution in [1.82, 2.24) is 9.78 Å². The lowest BCUT2D eigenvalue weighted by Crippen LogP contribution is -2.22. The van der Waals surface area contributed by atoms with E-state index in [1.807, 2.05) is 17.8 Å². The summed E-state index contributed by atoms with van der Waals surface area (Å²) in [6.45, 7) is 2.80. The third-order valence-corrected chi connectivity index (χ3v) is 4.69. The maximum atomic E-state index is 11.7. The van der Waals surface area contributed by atoms with Crippen LogP contribution in [0.2, 0.25) is 0 Å². The third kappa shape index (κ3) is 2.17. The topological polar surface area (TPSA) is 116 Å². The van der Waals surface area contributed by atoms with Gasteiger partial charge in [0.25, 0.3) is 5.91 Å². The van der Waals surface area contributed by atoms with E-state index in [2.05, 4.69) is 10.4 Å². The quantitative estimate of drug-likeness (QED) is 0.794. The van der Waals surface area contributed by atoms with Crippen LogP contribution in [0.4, 0.5) is 9.80 Å². The number of nitrogens with two attached hydrogens (primary N) is 2. The highest BCUT2D eigenvalue weighted by atomic mass is 32.1. The summed E-state index contributed by atoms with van der Waals surface area (Å²) in [5, 5.41) is 7.41. The summed E-state index contributed by atoms with van der Waals surface area (Å²) < 4.78 is 1.87. The number of rotatable bonds is 3. The second-order valence-corrected chi connectivity index (χ2v) is 5.83. The van der Waals surface area contributed by atoms with E-state index in [1.54, 1.807) is 0 Å². The van der Waals surface area contributed by atoms with Crippen LogP contribution in [0, 0.1) is 0 Å². The Morgan fingerprint density at radius 1 is 1.43 bits per heavy atom. The van der Waals surface area contributed by atoms with Gasteiger partial charge in [0.2, 0.25) is 0 Å². The van der Waals surface area contributed by atoms with Crippen molar-refractivity contribution in [1.29, 1.82) is 0 Å². The van der Waals surface area contributed by atoms with Gasteiger partial charge in [-0.2, -0.15) is 5.10 Å². The lowest BCUT2D eigenvalue weighted by Gasteiger charge is -2.11. The van der Waals surface area contributed by atoms with Crippen LogP contribution in [-0.2, 0) is 19.4 Å². The third-order valence-electron chi connectivity index (χ3n) is 3.51. The Hall–Kier alpha value is -2.35. The van der Waals surface area contributed by atoms with E-state index in [0.717, 1.165) is 34.7 Å². The highest BCUT2D eigenvalue weighted by Crippen LogP contribution is 2.44. The number of amides is 3. The monoisotopic (exact) mass is 305 g/mol. The highest BCUT2D eigenvalue weighted by molar-refractivity contribution is 7.20. The van der Waals surface area contributed by atoms with Gasteiger partial charge in [0.1, 0.15) is 5.00 Å². The van der Waals surface area contributed by atoms with E-state index >= 15 is 0 Å². The summed E-state index contributed by atoms with van der Waals surface area (Å²) in [5.41, 5.74) is 13.9. The molecule has 0 spiro atoms. The number of nitrogens with one attached hydrogen (secondary N) is 1. The number of nitrogens with zero attached hydrogens (tertiary/aromatic N) is 2. The lowest BCUT2D eigenvalue weighted by molar-refractivity contribution is 0.100. The first-order chi connectivity index (χ1) is 10.0. The molecular formula is C13H15N5O2S. The number of urea groups is 1. The van der Waals surface area contributed by atoms with Gasteiger partial charge in [-0.25, -0.2) is 4.79 Å². The molecule has 0 radical (unpaired) electrons. The molecule has 1 aliphatic rings. The summed E-state index contributed by atoms with van der Waals surface area (Å²) in [7, 11) is 0. The Bertz CT molecular complexity index is 746. The molecule has 0 aliphatic heterocycles. The lowest BCUT2D eigenvalue weighted by atomic mass is 9.94. The number of aromatic nitrogens is 2. The summed E-state index contributed by atoms with van der Waals surface area (Å²) >= 11 is 1.32. The first-order valence-electron chi connectivity index (χ1n) is 6.59. The van der Waals surface area contributed by atoms with Crippen molar-refractivity contribution in [3.8, 4) is 10.4 Å². The molecule has 0 fully saturated rings. The molecule has 2 aromatic rings. The number of aryl methyl sites for hydroxylation is 2. The van der Waals surface area contributed by atoms with E-state index < -0.39 is 11.9 Å². The minimum Gasteiger partial charge on any atom is -0.365 e. The summed E-state index contributed by atoms with van der Waals surface area (Å²) in [6, 6.07) is -0.708. The normalized spacial score (nSPS) is 12.6. The number of fused-ring (bicyclic) bond motifs is 3. The van der Waals surface area contributed by atoms with Gasteiger partial charge in [-0.05, 0) is 25.3 Å². The van der Waals surface area contributed by atoms with Crippen molar-refractivity contribution < 1.29 is 9.59 Å². The maximum Gasteiger partial charge on any atom is 0.317 e. The van der Waals surface area contributed by atoms with E-state index in [4.69, 9.17) is 11.5 Å². The van der Waals surface area contributed by atoms with Gasteiger partial charge in [-0.1, -0.05) is 0 Å². The molecule has 2 aromatic heterocycles. The van der Waals surface area contributed by atoms with Crippen molar-refractivity contribution in [3.05, 3.63) is 23.0 Å². The molecule has 3 amide bonds. The Morgan fingerprint density at radius 3 is 2.81 bits per heavy atom. The number of hydrogen-bond donors (Lipinski definition) is 3. The minimum absolute atomic E-state index is 0.365. The summed E-state index contributed by atoms with van der Waals surface area (Å²) in [5.74, 6) is -0.553. The summed E-state index contributed by atoms with van der Waals surface area (Å²) in [6.07, 6.45) is 3.39. The highest BCUT2D eigenvalue weighted by Gasteiger charge is 2.29. The molecule has 5 N–H and O–H groups in total. The summed E-state index contributed by atoms with van der Waals surface area (Å²) in [4.78, 5) is 23.8. The second kappa shape index (κ2) is 4.88. The van der Waals surface area contributed by atoms with Crippen LogP contribution in [-0.4, -0.2) is 21.7 Å². The van der Waals surface area contributed by atoms with Gasteiger partial charge in [0, 0.05) is 23.2 Å². The van der Waals surface area contributed by atoms with Gasteiger partial charge >= 0.3 is 6.03 Å². The van der Waals surface area contributed by atoms with E-state index in [9.17, 15) is 9.59 Å². The van der Waals surface area contributed by atoms with Crippen molar-refractivity contribution in [2.24, 2.45) is 11.5 Å². The molecular weight excluding hydrogens is 290 g/mol. The first-order valence-corrected chi connectivity index (χ1v) is 7.41. The van der Waals surface area contributed by atoms with Crippen LogP contribution in [0.3, 0.4) is 0 Å². The Kier molecular flexibility index (Phi) is 3.17. The van der Waals surface area contributed by atoms with Crippen LogP contribution in [0.5, 0.6) is 0 Å². The molecule has 1 aliphatic carbocycles. The fourth-order valence-electron chi connectivity index (χ4n) is 2.62. The molecule has 110 valence electrons. The molecule has 0 saturated carbocycles. The van der Waals surface area contributed by atoms with Crippen LogP contribution < -0.4 is 16.8 Å². The maximum absolute atomic E-state index is 11.7. The Balaban J connectivity index is 2.18. The molecule has 0 aromatic carbocycles. The fraction of sp³-hybridized carbons (Fsp3) is 0.308. The zero-order chi connectivity index (χ0) is 15.1. The molecule has 21 heavy (non-hydrogen) atoms. The van der Waals surface area contributed by atoms with Gasteiger partial charge < -0.3 is 11.5 Å². The molecule has 0 bridgehead atoms. The molecule has 2 heterocycles. The van der Waals surface area contributed by atoms with E-state index in [-0.39, 0.29) is 0 Å². The van der Waals surface area contributed by atoms with Crippen LogP contribution >= 0.6 is 11.3 Å². The van der Waals surface area contributed by atoms with Crippen molar-refractivity contribution in [3.63, 3.8) is 0 Å². The van der Waals surface area contributed by atoms with Gasteiger partial charge in [-0.3, -0.25) is 14.8 Å². The van der Waals surface area contributed by atoms with E-state index in [1.165, 1.54) is 11.3 Å². The van der Waals surface area contributed by atoms with Gasteiger partial charge in [0.05, 0.1) is 11.3 Å². The van der Waals surface area contributed by atoms with Gasteiger partial charge in [0.15, 0.2) is 0 Å². The minimum atomic E-state index is -0.708. The Morgan fingerprint density at radius 2 is 2.19 bits per heavy atom. The smallest absolute Gasteiger partial charge is 0.317 e. The second-order valence-electron chi connectivity index (χ2n) is 4.81. The molecule has 8 heteroatoms. The predicted molar refractivity (Wildman–Crippen MR) is 80.3 cm³/mol. The standard InChI is InChI=1S/C13H15N5O2S/c1-2-18-5-7-8(17-18)4-3-6-9(11(14)19)12(16-13(15)20)21-10(6)7/h5H,2-4H2,1H3,(H2,14,19)(H3,15,16,20).